The highest BCUT2D eigenvalue weighted by Crippen LogP contribution is 2.14. The first-order valence-electron chi connectivity index (χ1n) is 6.80. The molecule has 1 N–H and O–H groups in total. The molecule has 0 bridgehead atoms. The number of benzene rings is 2. The van der Waals surface area contributed by atoms with Crippen molar-refractivity contribution in [3.63, 3.8) is 0 Å². The average molecular weight is 299 g/mol. The SMILES string of the molecule is COC(=O)[C@@H](NC(=O)COc1ccccc1)c1ccccc1. The van der Waals surface area contributed by atoms with E-state index in [1.807, 2.05) is 24.3 Å². The van der Waals surface area contributed by atoms with Gasteiger partial charge in [0.15, 0.2) is 12.6 Å². The molecule has 5 nitrogen and oxygen atoms in total. The Morgan fingerprint density at radius 2 is 1.59 bits per heavy atom. The fraction of sp³-hybridized carbons (Fsp3) is 0.176. The molecule has 1 amide bonds. The van der Waals surface area contributed by atoms with Gasteiger partial charge in [-0.25, -0.2) is 4.79 Å². The van der Waals surface area contributed by atoms with Gasteiger partial charge in [-0.15, -0.1) is 0 Å². The Balaban J connectivity index is 1.98. The zero-order valence-electron chi connectivity index (χ0n) is 12.2. The summed E-state index contributed by atoms with van der Waals surface area (Å²) in [6.45, 7) is -0.176. The van der Waals surface area contributed by atoms with Gasteiger partial charge >= 0.3 is 5.97 Å². The maximum absolute atomic E-state index is 12.0. The van der Waals surface area contributed by atoms with E-state index in [0.717, 1.165) is 0 Å². The summed E-state index contributed by atoms with van der Waals surface area (Å²) in [5.74, 6) is -0.339. The Kier molecular flexibility index (Phi) is 5.54. The Hall–Kier alpha value is -2.82. The number of hydrogen-bond donors (Lipinski definition) is 1. The second-order valence-electron chi connectivity index (χ2n) is 4.54. The van der Waals surface area contributed by atoms with Gasteiger partial charge < -0.3 is 14.8 Å². The molecule has 0 aliphatic carbocycles. The maximum atomic E-state index is 12.0. The number of carbonyl (C=O) groups is 2. The molecule has 0 spiro atoms. The molecule has 0 radical (unpaired) electrons. The van der Waals surface area contributed by atoms with Crippen LogP contribution in [0.2, 0.25) is 0 Å². The van der Waals surface area contributed by atoms with Crippen molar-refractivity contribution in [1.82, 2.24) is 5.32 Å². The number of hydrogen-bond acceptors (Lipinski definition) is 4. The van der Waals surface area contributed by atoms with Crippen molar-refractivity contribution in [2.45, 2.75) is 6.04 Å². The third-order valence-corrected chi connectivity index (χ3v) is 2.99. The van der Waals surface area contributed by atoms with Crippen molar-refractivity contribution in [2.24, 2.45) is 0 Å². The summed E-state index contributed by atoms with van der Waals surface area (Å²) in [6.07, 6.45) is 0. The van der Waals surface area contributed by atoms with Gasteiger partial charge in [0.25, 0.3) is 5.91 Å². The van der Waals surface area contributed by atoms with E-state index >= 15 is 0 Å². The van der Waals surface area contributed by atoms with Crippen molar-refractivity contribution in [3.05, 3.63) is 66.2 Å². The van der Waals surface area contributed by atoms with Gasteiger partial charge in [0, 0.05) is 0 Å². The Labute approximate surface area is 128 Å². The minimum Gasteiger partial charge on any atom is -0.484 e. The molecule has 114 valence electrons. The molecule has 1 atom stereocenters. The van der Waals surface area contributed by atoms with Gasteiger partial charge in [0.05, 0.1) is 7.11 Å². The number of nitrogens with one attached hydrogen (secondary N) is 1. The third-order valence-electron chi connectivity index (χ3n) is 2.99. The van der Waals surface area contributed by atoms with Crippen LogP contribution in [0.1, 0.15) is 11.6 Å². The predicted molar refractivity (Wildman–Crippen MR) is 81.3 cm³/mol. The number of amides is 1. The number of rotatable bonds is 6. The standard InChI is InChI=1S/C17H17NO4/c1-21-17(20)16(13-8-4-2-5-9-13)18-15(19)12-22-14-10-6-3-7-11-14/h2-11,16H,12H2,1H3,(H,18,19)/t16-/m0/s1. The van der Waals surface area contributed by atoms with E-state index in [-0.39, 0.29) is 6.61 Å². The van der Waals surface area contributed by atoms with Crippen LogP contribution in [-0.4, -0.2) is 25.6 Å². The predicted octanol–water partition coefficient (Wildman–Crippen LogP) is 2.10. The molecule has 0 aliphatic heterocycles. The molecule has 2 aromatic rings. The van der Waals surface area contributed by atoms with Gasteiger partial charge in [0.2, 0.25) is 0 Å². The minimum atomic E-state index is -0.849. The minimum absolute atomic E-state index is 0.176. The van der Waals surface area contributed by atoms with E-state index in [9.17, 15) is 9.59 Å². The lowest BCUT2D eigenvalue weighted by atomic mass is 10.1. The number of ether oxygens (including phenoxy) is 2. The number of carbonyl (C=O) groups excluding carboxylic acids is 2. The van der Waals surface area contributed by atoms with E-state index in [1.54, 1.807) is 36.4 Å². The summed E-state index contributed by atoms with van der Waals surface area (Å²) in [4.78, 5) is 23.8. The molecular weight excluding hydrogens is 282 g/mol. The normalized spacial score (nSPS) is 11.3. The fourth-order valence-corrected chi connectivity index (χ4v) is 1.91. The molecule has 22 heavy (non-hydrogen) atoms. The molecule has 2 aromatic carbocycles. The monoisotopic (exact) mass is 299 g/mol. The van der Waals surface area contributed by atoms with Crippen molar-refractivity contribution in [2.75, 3.05) is 13.7 Å². The van der Waals surface area contributed by atoms with E-state index in [1.165, 1.54) is 7.11 Å². The van der Waals surface area contributed by atoms with Crippen LogP contribution in [0.3, 0.4) is 0 Å². The van der Waals surface area contributed by atoms with Gasteiger partial charge in [-0.1, -0.05) is 48.5 Å². The van der Waals surface area contributed by atoms with Crippen molar-refractivity contribution < 1.29 is 19.1 Å². The Bertz CT molecular complexity index is 613. The first-order valence-corrected chi connectivity index (χ1v) is 6.80. The van der Waals surface area contributed by atoms with Gasteiger partial charge in [-0.3, -0.25) is 4.79 Å². The second kappa shape index (κ2) is 7.83. The van der Waals surface area contributed by atoms with E-state index in [4.69, 9.17) is 9.47 Å². The molecule has 0 fully saturated rings. The fourth-order valence-electron chi connectivity index (χ4n) is 1.91. The van der Waals surface area contributed by atoms with Gasteiger partial charge in [0.1, 0.15) is 5.75 Å². The first-order chi connectivity index (χ1) is 10.7. The second-order valence-corrected chi connectivity index (χ2v) is 4.54. The van der Waals surface area contributed by atoms with Gasteiger partial charge in [-0.05, 0) is 17.7 Å². The lowest BCUT2D eigenvalue weighted by molar-refractivity contribution is -0.145. The van der Waals surface area contributed by atoms with Crippen molar-refractivity contribution >= 4 is 11.9 Å². The Morgan fingerprint density at radius 1 is 1.00 bits per heavy atom. The topological polar surface area (TPSA) is 64.6 Å². The maximum Gasteiger partial charge on any atom is 0.333 e. The first kappa shape index (κ1) is 15.6. The quantitative estimate of drug-likeness (QED) is 0.830. The highest BCUT2D eigenvalue weighted by molar-refractivity contribution is 5.86. The zero-order valence-corrected chi connectivity index (χ0v) is 12.2. The number of para-hydroxylation sites is 1. The number of esters is 1. The summed E-state index contributed by atoms with van der Waals surface area (Å²) in [5.41, 5.74) is 0.655. The van der Waals surface area contributed by atoms with Crippen LogP contribution < -0.4 is 10.1 Å². The smallest absolute Gasteiger partial charge is 0.333 e. The van der Waals surface area contributed by atoms with Crippen LogP contribution in [0, 0.1) is 0 Å². The lowest BCUT2D eigenvalue weighted by Crippen LogP contribution is -2.37. The molecule has 0 heterocycles. The molecule has 0 saturated carbocycles. The van der Waals surface area contributed by atoms with Crippen molar-refractivity contribution in [1.29, 1.82) is 0 Å². The summed E-state index contributed by atoms with van der Waals surface area (Å²) in [6, 6.07) is 17.1. The summed E-state index contributed by atoms with van der Waals surface area (Å²) in [7, 11) is 1.28. The van der Waals surface area contributed by atoms with Crippen LogP contribution in [0.15, 0.2) is 60.7 Å². The molecule has 0 aliphatic rings. The highest BCUT2D eigenvalue weighted by atomic mass is 16.5. The number of methoxy groups -OCH3 is 1. The van der Waals surface area contributed by atoms with Crippen LogP contribution in [-0.2, 0) is 14.3 Å². The van der Waals surface area contributed by atoms with Crippen LogP contribution in [0.4, 0.5) is 0 Å². The Morgan fingerprint density at radius 3 is 2.18 bits per heavy atom. The summed E-state index contributed by atoms with van der Waals surface area (Å²) >= 11 is 0. The van der Waals surface area contributed by atoms with Crippen molar-refractivity contribution in [3.8, 4) is 5.75 Å². The van der Waals surface area contributed by atoms with Crippen LogP contribution in [0.25, 0.3) is 0 Å². The van der Waals surface area contributed by atoms with E-state index < -0.39 is 17.9 Å². The molecular formula is C17H17NO4. The summed E-state index contributed by atoms with van der Waals surface area (Å²) in [5, 5.41) is 2.62. The lowest BCUT2D eigenvalue weighted by Gasteiger charge is -2.17. The largest absolute Gasteiger partial charge is 0.484 e. The third kappa shape index (κ3) is 4.34. The molecule has 0 saturated heterocycles. The molecule has 2 rings (SSSR count). The molecule has 0 unspecified atom stereocenters. The molecule has 0 aromatic heterocycles. The highest BCUT2D eigenvalue weighted by Gasteiger charge is 2.23. The van der Waals surface area contributed by atoms with E-state index in [2.05, 4.69) is 5.32 Å². The van der Waals surface area contributed by atoms with Gasteiger partial charge in [-0.2, -0.15) is 0 Å². The zero-order chi connectivity index (χ0) is 15.8. The average Bonchev–Trinajstić information content (AvgIpc) is 2.59. The van der Waals surface area contributed by atoms with Crippen LogP contribution in [0.5, 0.6) is 5.75 Å². The summed E-state index contributed by atoms with van der Waals surface area (Å²) < 4.78 is 10.1. The van der Waals surface area contributed by atoms with Crippen LogP contribution >= 0.6 is 0 Å². The van der Waals surface area contributed by atoms with E-state index in [0.29, 0.717) is 11.3 Å². The molecule has 5 heteroatoms.